The molecule has 0 aliphatic heterocycles. The van der Waals surface area contributed by atoms with E-state index in [1.165, 1.54) is 5.56 Å². The number of rotatable bonds is 4. The Morgan fingerprint density at radius 3 is 2.84 bits per heavy atom. The van der Waals surface area contributed by atoms with Gasteiger partial charge in [0.1, 0.15) is 5.75 Å². The molecule has 19 heavy (non-hydrogen) atoms. The highest BCUT2D eigenvalue weighted by molar-refractivity contribution is 5.76. The molecule has 2 unspecified atom stereocenters. The molecule has 0 bridgehead atoms. The van der Waals surface area contributed by atoms with Gasteiger partial charge in [-0.05, 0) is 55.9 Å². The number of carbonyl (C=O) groups is 1. The standard InChI is InChI=1S/C16H22O3/c1-4-16(2,15(17)18)14-7-5-6-11-8-9-12(19-3)10-13(11)14/h8-10,14H,4-7H2,1-3H3,(H,17,18). The van der Waals surface area contributed by atoms with E-state index in [0.29, 0.717) is 6.42 Å². The summed E-state index contributed by atoms with van der Waals surface area (Å²) in [4.78, 5) is 11.7. The Morgan fingerprint density at radius 1 is 1.53 bits per heavy atom. The van der Waals surface area contributed by atoms with Crippen molar-refractivity contribution >= 4 is 5.97 Å². The number of methoxy groups -OCH3 is 1. The number of carboxylic acid groups (broad SMARTS) is 1. The van der Waals surface area contributed by atoms with Crippen molar-refractivity contribution < 1.29 is 14.6 Å². The molecule has 0 fully saturated rings. The fourth-order valence-electron chi connectivity index (χ4n) is 3.11. The maximum atomic E-state index is 11.7. The third-order valence-corrected chi connectivity index (χ3v) is 4.66. The number of hydrogen-bond donors (Lipinski definition) is 1. The van der Waals surface area contributed by atoms with Crippen LogP contribution in [0.3, 0.4) is 0 Å². The number of fused-ring (bicyclic) bond motifs is 1. The fourth-order valence-corrected chi connectivity index (χ4v) is 3.11. The van der Waals surface area contributed by atoms with Crippen LogP contribution in [0.25, 0.3) is 0 Å². The Kier molecular flexibility index (Phi) is 3.83. The summed E-state index contributed by atoms with van der Waals surface area (Å²) in [7, 11) is 1.65. The van der Waals surface area contributed by atoms with Crippen molar-refractivity contribution in [2.24, 2.45) is 5.41 Å². The fraction of sp³-hybridized carbons (Fsp3) is 0.562. The molecule has 0 aromatic heterocycles. The van der Waals surface area contributed by atoms with Crippen LogP contribution in [0.5, 0.6) is 5.75 Å². The normalized spacial score (nSPS) is 21.3. The summed E-state index contributed by atoms with van der Waals surface area (Å²) in [6, 6.07) is 6.07. The van der Waals surface area contributed by atoms with Crippen LogP contribution < -0.4 is 4.74 Å². The first-order valence-corrected chi connectivity index (χ1v) is 6.93. The van der Waals surface area contributed by atoms with Crippen LogP contribution in [-0.4, -0.2) is 18.2 Å². The van der Waals surface area contributed by atoms with Gasteiger partial charge < -0.3 is 9.84 Å². The van der Waals surface area contributed by atoms with E-state index in [-0.39, 0.29) is 5.92 Å². The van der Waals surface area contributed by atoms with Crippen LogP contribution in [0.4, 0.5) is 0 Å². The number of benzene rings is 1. The molecule has 0 saturated heterocycles. The first-order chi connectivity index (χ1) is 9.02. The van der Waals surface area contributed by atoms with Crippen LogP contribution in [0.1, 0.15) is 50.2 Å². The zero-order valence-electron chi connectivity index (χ0n) is 11.9. The monoisotopic (exact) mass is 262 g/mol. The van der Waals surface area contributed by atoms with E-state index >= 15 is 0 Å². The minimum Gasteiger partial charge on any atom is -0.497 e. The maximum absolute atomic E-state index is 11.7. The molecular weight excluding hydrogens is 240 g/mol. The van der Waals surface area contributed by atoms with Gasteiger partial charge in [0.05, 0.1) is 12.5 Å². The molecule has 3 nitrogen and oxygen atoms in total. The lowest BCUT2D eigenvalue weighted by molar-refractivity contribution is -0.149. The molecule has 0 spiro atoms. The van der Waals surface area contributed by atoms with Crippen LogP contribution in [0.15, 0.2) is 18.2 Å². The maximum Gasteiger partial charge on any atom is 0.309 e. The summed E-state index contributed by atoms with van der Waals surface area (Å²) in [6.45, 7) is 3.83. The van der Waals surface area contributed by atoms with E-state index in [1.54, 1.807) is 7.11 Å². The summed E-state index contributed by atoms with van der Waals surface area (Å²) < 4.78 is 5.29. The van der Waals surface area contributed by atoms with Gasteiger partial charge in [-0.25, -0.2) is 0 Å². The van der Waals surface area contributed by atoms with Gasteiger partial charge in [0.2, 0.25) is 0 Å². The third-order valence-electron chi connectivity index (χ3n) is 4.66. The van der Waals surface area contributed by atoms with E-state index in [4.69, 9.17) is 4.74 Å². The lowest BCUT2D eigenvalue weighted by Crippen LogP contribution is -2.35. The Balaban J connectivity index is 2.48. The van der Waals surface area contributed by atoms with Crippen molar-refractivity contribution in [1.82, 2.24) is 0 Å². The largest absolute Gasteiger partial charge is 0.497 e. The lowest BCUT2D eigenvalue weighted by Gasteiger charge is -2.37. The van der Waals surface area contributed by atoms with Crippen molar-refractivity contribution in [2.45, 2.75) is 45.4 Å². The highest BCUT2D eigenvalue weighted by Crippen LogP contribution is 2.46. The van der Waals surface area contributed by atoms with Crippen LogP contribution in [-0.2, 0) is 11.2 Å². The summed E-state index contributed by atoms with van der Waals surface area (Å²) in [5.74, 6) is 0.194. The summed E-state index contributed by atoms with van der Waals surface area (Å²) in [5.41, 5.74) is 1.75. The Labute approximate surface area is 114 Å². The topological polar surface area (TPSA) is 46.5 Å². The van der Waals surface area contributed by atoms with E-state index in [1.807, 2.05) is 26.0 Å². The summed E-state index contributed by atoms with van der Waals surface area (Å²) in [5, 5.41) is 9.61. The molecule has 2 atom stereocenters. The van der Waals surface area contributed by atoms with Gasteiger partial charge in [-0.1, -0.05) is 13.0 Å². The van der Waals surface area contributed by atoms with Crippen LogP contribution in [0.2, 0.25) is 0 Å². The molecule has 0 radical (unpaired) electrons. The van der Waals surface area contributed by atoms with Crippen LogP contribution in [0, 0.1) is 5.41 Å². The second kappa shape index (κ2) is 5.24. The molecule has 0 saturated carbocycles. The third kappa shape index (κ3) is 2.34. The molecule has 2 rings (SSSR count). The van der Waals surface area contributed by atoms with Gasteiger partial charge in [-0.3, -0.25) is 4.79 Å². The predicted octanol–water partition coefficient (Wildman–Crippen LogP) is 3.62. The van der Waals surface area contributed by atoms with Gasteiger partial charge in [0.15, 0.2) is 0 Å². The smallest absolute Gasteiger partial charge is 0.309 e. The van der Waals surface area contributed by atoms with Gasteiger partial charge in [0, 0.05) is 5.92 Å². The zero-order valence-corrected chi connectivity index (χ0v) is 11.9. The second-order valence-corrected chi connectivity index (χ2v) is 5.59. The molecule has 1 N–H and O–H groups in total. The molecular formula is C16H22O3. The molecule has 3 heteroatoms. The Hall–Kier alpha value is -1.51. The average Bonchev–Trinajstić information content (AvgIpc) is 2.44. The van der Waals surface area contributed by atoms with Crippen molar-refractivity contribution in [3.05, 3.63) is 29.3 Å². The molecule has 0 amide bonds. The molecule has 1 aromatic carbocycles. The number of carboxylic acids is 1. The number of aliphatic carboxylic acids is 1. The molecule has 1 aliphatic rings. The minimum absolute atomic E-state index is 0.0776. The lowest BCUT2D eigenvalue weighted by atomic mass is 9.66. The number of ether oxygens (including phenoxy) is 1. The minimum atomic E-state index is -0.698. The molecule has 0 heterocycles. The van der Waals surface area contributed by atoms with E-state index in [0.717, 1.165) is 30.6 Å². The first kappa shape index (κ1) is 13.9. The van der Waals surface area contributed by atoms with E-state index < -0.39 is 11.4 Å². The van der Waals surface area contributed by atoms with Crippen molar-refractivity contribution in [3.63, 3.8) is 0 Å². The second-order valence-electron chi connectivity index (χ2n) is 5.59. The van der Waals surface area contributed by atoms with Gasteiger partial charge in [-0.15, -0.1) is 0 Å². The van der Waals surface area contributed by atoms with Crippen molar-refractivity contribution in [2.75, 3.05) is 7.11 Å². The molecule has 104 valence electrons. The zero-order chi connectivity index (χ0) is 14.0. The van der Waals surface area contributed by atoms with Crippen LogP contribution >= 0.6 is 0 Å². The van der Waals surface area contributed by atoms with Crippen molar-refractivity contribution in [1.29, 1.82) is 0 Å². The SMILES string of the molecule is CCC(C)(C(=O)O)C1CCCc2ccc(OC)cc21. The highest BCUT2D eigenvalue weighted by atomic mass is 16.5. The Morgan fingerprint density at radius 2 is 2.26 bits per heavy atom. The highest BCUT2D eigenvalue weighted by Gasteiger charge is 2.42. The molecule has 1 aliphatic carbocycles. The van der Waals surface area contributed by atoms with Crippen molar-refractivity contribution in [3.8, 4) is 5.75 Å². The first-order valence-electron chi connectivity index (χ1n) is 6.93. The number of hydrogen-bond acceptors (Lipinski definition) is 2. The van der Waals surface area contributed by atoms with Gasteiger partial charge in [-0.2, -0.15) is 0 Å². The quantitative estimate of drug-likeness (QED) is 0.901. The molecule has 1 aromatic rings. The number of aryl methyl sites for hydroxylation is 1. The predicted molar refractivity (Wildman–Crippen MR) is 74.7 cm³/mol. The van der Waals surface area contributed by atoms with E-state index in [9.17, 15) is 9.90 Å². The van der Waals surface area contributed by atoms with E-state index in [2.05, 4.69) is 6.07 Å². The van der Waals surface area contributed by atoms with Gasteiger partial charge in [0.25, 0.3) is 0 Å². The Bertz CT molecular complexity index is 481. The average molecular weight is 262 g/mol. The summed E-state index contributed by atoms with van der Waals surface area (Å²) >= 11 is 0. The van der Waals surface area contributed by atoms with Gasteiger partial charge >= 0.3 is 5.97 Å². The summed E-state index contributed by atoms with van der Waals surface area (Å²) in [6.07, 6.45) is 3.68.